The lowest BCUT2D eigenvalue weighted by Crippen LogP contribution is -2.42. The van der Waals surface area contributed by atoms with Gasteiger partial charge in [-0.2, -0.15) is 0 Å². The molecule has 0 unspecified atom stereocenters. The number of carbonyl (C=O) groups is 6. The van der Waals surface area contributed by atoms with E-state index >= 15 is 0 Å². The highest BCUT2D eigenvalue weighted by Gasteiger charge is 2.25. The third-order valence-corrected chi connectivity index (χ3v) is 15.5. The molecule has 0 aliphatic carbocycles. The van der Waals surface area contributed by atoms with Crippen molar-refractivity contribution < 1.29 is 28.8 Å². The Morgan fingerprint density at radius 2 is 0.644 bits per heavy atom. The number of hydrogen-bond acceptors (Lipinski definition) is 10. The van der Waals surface area contributed by atoms with Gasteiger partial charge in [0.15, 0.2) is 0 Å². The fourth-order valence-corrected chi connectivity index (χ4v) is 9.09. The number of rotatable bonds is 32. The lowest BCUT2D eigenvalue weighted by Gasteiger charge is -2.28. The lowest BCUT2D eigenvalue weighted by molar-refractivity contribution is -0.129. The molecule has 0 bridgehead atoms. The van der Waals surface area contributed by atoms with Crippen molar-refractivity contribution in [1.29, 1.82) is 0 Å². The number of unbranched alkanes of at least 4 members (excludes halogenated alkanes) is 2. The first-order valence-electron chi connectivity index (χ1n) is 33.4. The Balaban J connectivity index is 0.000000678. The predicted molar refractivity (Wildman–Crippen MR) is 376 cm³/mol. The van der Waals surface area contributed by atoms with E-state index in [1.54, 1.807) is 0 Å². The zero-order valence-electron chi connectivity index (χ0n) is 61.1. The molecule has 510 valence electrons. The Hall–Kier alpha value is -5.68. The van der Waals surface area contributed by atoms with Gasteiger partial charge in [0.25, 0.3) is 17.7 Å². The molecule has 0 radical (unpaired) electrons. The number of nitrogens with one attached hydrogen (secondary N) is 3. The van der Waals surface area contributed by atoms with E-state index in [-0.39, 0.29) is 35.4 Å². The molecule has 0 fully saturated rings. The molecule has 0 aromatic heterocycles. The fourth-order valence-electron chi connectivity index (χ4n) is 9.09. The number of amides is 6. The van der Waals surface area contributed by atoms with E-state index in [0.29, 0.717) is 73.3 Å². The van der Waals surface area contributed by atoms with Crippen LogP contribution in [0.4, 0.5) is 0 Å². The molecule has 90 heavy (non-hydrogen) atoms. The number of carbonyl (C=O) groups excluding carboxylic acids is 6. The van der Waals surface area contributed by atoms with Crippen molar-refractivity contribution in [1.82, 2.24) is 50.2 Å². The van der Waals surface area contributed by atoms with Gasteiger partial charge >= 0.3 is 0 Å². The second-order valence-corrected chi connectivity index (χ2v) is 30.3. The van der Waals surface area contributed by atoms with Crippen molar-refractivity contribution in [2.75, 3.05) is 120 Å². The Kier molecular flexibility index (Phi) is 36.9. The number of hydrogen-bond donors (Lipinski definition) is 3. The average molecular weight is 1250 g/mol. The first-order chi connectivity index (χ1) is 41.7. The molecule has 0 aliphatic heterocycles. The topological polar surface area (TPSA) is 161 Å². The number of nitrogens with zero attached hydrogens (tertiary/aromatic N) is 7. The minimum atomic E-state index is -0.431. The largest absolute Gasteiger partial charge is 0.352 e. The normalized spacial score (nSPS) is 12.0. The summed E-state index contributed by atoms with van der Waals surface area (Å²) in [5.74, 6) is 0.197. The number of benzene rings is 3. The molecule has 3 aromatic rings. The van der Waals surface area contributed by atoms with Gasteiger partial charge in [0.05, 0.1) is 0 Å². The van der Waals surface area contributed by atoms with Crippen molar-refractivity contribution in [2.24, 2.45) is 27.1 Å². The monoisotopic (exact) mass is 1250 g/mol. The highest BCUT2D eigenvalue weighted by Crippen LogP contribution is 2.24. The molecule has 0 aliphatic rings. The quantitative estimate of drug-likeness (QED) is 0.0513. The summed E-state index contributed by atoms with van der Waals surface area (Å²) >= 11 is 0. The van der Waals surface area contributed by atoms with E-state index in [4.69, 9.17) is 0 Å². The van der Waals surface area contributed by atoms with Crippen LogP contribution < -0.4 is 16.0 Å². The highest BCUT2D eigenvalue weighted by atomic mass is 16.2. The van der Waals surface area contributed by atoms with Crippen LogP contribution in [0.2, 0.25) is 0 Å². The van der Waals surface area contributed by atoms with E-state index in [2.05, 4.69) is 105 Å². The lowest BCUT2D eigenvalue weighted by atomic mass is 9.89. The maximum atomic E-state index is 13.4. The van der Waals surface area contributed by atoms with Crippen molar-refractivity contribution >= 4 is 35.4 Å². The van der Waals surface area contributed by atoms with E-state index in [1.807, 2.05) is 178 Å². The first-order valence-corrected chi connectivity index (χ1v) is 33.4. The van der Waals surface area contributed by atoms with Crippen LogP contribution in [0, 0.1) is 27.1 Å². The summed E-state index contributed by atoms with van der Waals surface area (Å²) in [5, 5.41) is 8.88. The Labute approximate surface area is 548 Å². The van der Waals surface area contributed by atoms with Gasteiger partial charge in [0, 0.05) is 118 Å². The van der Waals surface area contributed by atoms with Crippen LogP contribution in [-0.4, -0.2) is 190 Å². The molecule has 16 heteroatoms. The van der Waals surface area contributed by atoms with Gasteiger partial charge in [-0.05, 0) is 144 Å². The van der Waals surface area contributed by atoms with Gasteiger partial charge in [-0.25, -0.2) is 0 Å². The maximum Gasteiger partial charge on any atom is 0.253 e. The SMILES string of the molecule is CC(C)(C)CCCCN(CCCCC(C)(C)C)C(=O)c1cccc(CNC(=O)C(C)(C)C)c1.CCN(C)CCN(CCN(CC)CC)C(=O)c1cccc(CNC(=O)C(C)(C)C)c1.CN(C)CCN(CCN(C)C)C(=O)c1cccc(CNC(=O)C(C)(C)C)c1. The fraction of sp³-hybridized carbons (Fsp3) is 0.676. The minimum Gasteiger partial charge on any atom is -0.352 e. The Morgan fingerprint density at radius 3 is 0.911 bits per heavy atom. The average Bonchev–Trinajstić information content (AvgIpc) is 1.53. The van der Waals surface area contributed by atoms with Gasteiger partial charge in [0.1, 0.15) is 0 Å². The van der Waals surface area contributed by atoms with Crippen LogP contribution in [0.3, 0.4) is 0 Å². The van der Waals surface area contributed by atoms with Gasteiger partial charge in [-0.3, -0.25) is 28.8 Å². The zero-order chi connectivity index (χ0) is 68.6. The summed E-state index contributed by atoms with van der Waals surface area (Å²) in [6.07, 6.45) is 6.67. The van der Waals surface area contributed by atoms with Crippen molar-refractivity contribution in [3.05, 3.63) is 106 Å². The first kappa shape index (κ1) is 82.3. The van der Waals surface area contributed by atoms with Gasteiger partial charge < -0.3 is 50.2 Å². The smallest absolute Gasteiger partial charge is 0.253 e. The van der Waals surface area contributed by atoms with Crippen molar-refractivity contribution in [2.45, 2.75) is 183 Å². The Bertz CT molecular complexity index is 2560. The molecule has 0 atom stereocenters. The van der Waals surface area contributed by atoms with Crippen molar-refractivity contribution in [3.8, 4) is 0 Å². The summed E-state index contributed by atoms with van der Waals surface area (Å²) in [7, 11) is 10.1. The highest BCUT2D eigenvalue weighted by molar-refractivity contribution is 5.95. The third-order valence-electron chi connectivity index (χ3n) is 15.5. The molecule has 0 saturated carbocycles. The molecule has 3 N–H and O–H groups in total. The van der Waals surface area contributed by atoms with Gasteiger partial charge in [-0.15, -0.1) is 0 Å². The summed E-state index contributed by atoms with van der Waals surface area (Å²) < 4.78 is 0. The van der Waals surface area contributed by atoms with Gasteiger partial charge in [-0.1, -0.05) is 174 Å². The zero-order valence-corrected chi connectivity index (χ0v) is 61.1. The van der Waals surface area contributed by atoms with E-state index in [9.17, 15) is 28.8 Å². The van der Waals surface area contributed by atoms with Crippen LogP contribution in [0.1, 0.15) is 211 Å². The van der Waals surface area contributed by atoms with Crippen LogP contribution >= 0.6 is 0 Å². The van der Waals surface area contributed by atoms with Crippen LogP contribution in [0.15, 0.2) is 72.8 Å². The van der Waals surface area contributed by atoms with E-state index in [1.165, 1.54) is 12.8 Å². The number of likely N-dealkylation sites (N-methyl/N-ethyl adjacent to an activating group) is 4. The van der Waals surface area contributed by atoms with Crippen molar-refractivity contribution in [3.63, 3.8) is 0 Å². The van der Waals surface area contributed by atoms with Crippen LogP contribution in [0.5, 0.6) is 0 Å². The molecular weight excluding hydrogens is 1120 g/mol. The molecule has 3 rings (SSSR count). The van der Waals surface area contributed by atoms with E-state index < -0.39 is 16.2 Å². The maximum absolute atomic E-state index is 13.4. The Morgan fingerprint density at radius 1 is 0.356 bits per heavy atom. The third kappa shape index (κ3) is 35.8. The van der Waals surface area contributed by atoms with Crippen LogP contribution in [0.25, 0.3) is 0 Å². The van der Waals surface area contributed by atoms with Gasteiger partial charge in [0.2, 0.25) is 17.7 Å². The predicted octanol–water partition coefficient (Wildman–Crippen LogP) is 12.2. The summed E-state index contributed by atoms with van der Waals surface area (Å²) in [4.78, 5) is 90.8. The second-order valence-electron chi connectivity index (χ2n) is 30.3. The summed E-state index contributed by atoms with van der Waals surface area (Å²) in [6.45, 7) is 49.0. The molecular formula is C74H128N10O6. The summed E-state index contributed by atoms with van der Waals surface area (Å²) in [5.41, 5.74) is 4.24. The molecule has 16 nitrogen and oxygen atoms in total. The van der Waals surface area contributed by atoms with E-state index in [0.717, 1.165) is 101 Å². The molecule has 0 saturated heterocycles. The molecule has 0 heterocycles. The second kappa shape index (κ2) is 40.3. The minimum absolute atomic E-state index is 0.00202. The molecule has 0 spiro atoms. The standard InChI is InChI=1S/C29H50N2O2.C24H42N4O2.C21H36N4O2/c1-27(2,3)17-10-12-19-31(20-13-11-18-28(4,5)6)25(32)24-16-14-15-23(21-24)22-30-26(33)29(7,8)9;1-8-26(7)14-16-28(17-15-27(9-2)10-3)22(29)21-13-11-12-20(18-21)19-25-23(30)24(4,5)6;1-21(2,3)20(27)22-16-17-9-8-10-18(15-17)19(26)25(13-11-23(4)5)14-12-24(6)7/h14-16,21H,10-13,17-20,22H2,1-9H3,(H,30,33);11-13,18H,8-10,14-17,19H2,1-7H3,(H,25,30);8-10,15H,11-14,16H2,1-7H3,(H,22,27). The molecule has 3 aromatic carbocycles. The van der Waals surface area contributed by atoms with Crippen LogP contribution in [-0.2, 0) is 34.0 Å². The summed E-state index contributed by atoms with van der Waals surface area (Å²) in [6, 6.07) is 22.9. The molecule has 6 amide bonds.